The van der Waals surface area contributed by atoms with Crippen molar-refractivity contribution in [2.24, 2.45) is 5.92 Å². The molecular weight excluding hydrogens is 445 g/mol. The molecule has 1 aromatic rings. The van der Waals surface area contributed by atoms with E-state index in [0.717, 1.165) is 29.3 Å². The molecule has 0 saturated heterocycles. The van der Waals surface area contributed by atoms with Gasteiger partial charge in [-0.05, 0) is 35.7 Å². The molecule has 1 rings (SSSR count). The van der Waals surface area contributed by atoms with Crippen molar-refractivity contribution in [3.05, 3.63) is 35.9 Å². The monoisotopic (exact) mass is 475 g/mol. The fourth-order valence-corrected chi connectivity index (χ4v) is 3.42. The SMILES string of the molecule is COC(=O)C[C@H](CCCCI)CC(=O)N(C)[C@@H](C)[C@@H](O)c1ccccc1. The number of likely N-dealkylation sites (N-methyl/N-ethyl adjacent to an activating group) is 1. The fourth-order valence-electron chi connectivity index (χ4n) is 2.88. The van der Waals surface area contributed by atoms with Gasteiger partial charge in [0.15, 0.2) is 0 Å². The molecule has 0 aliphatic heterocycles. The first kappa shape index (κ1) is 22.9. The highest BCUT2D eigenvalue weighted by Crippen LogP contribution is 2.23. The average molecular weight is 475 g/mol. The number of halogens is 1. The maximum absolute atomic E-state index is 12.7. The zero-order valence-electron chi connectivity index (χ0n) is 15.9. The highest BCUT2D eigenvalue weighted by atomic mass is 127. The molecule has 5 nitrogen and oxygen atoms in total. The maximum Gasteiger partial charge on any atom is 0.305 e. The van der Waals surface area contributed by atoms with E-state index in [2.05, 4.69) is 22.6 Å². The van der Waals surface area contributed by atoms with Crippen molar-refractivity contribution in [2.75, 3.05) is 18.6 Å². The molecular formula is C20H30INO4. The third-order valence-electron chi connectivity index (χ3n) is 4.74. The zero-order chi connectivity index (χ0) is 19.5. The molecule has 6 heteroatoms. The van der Waals surface area contributed by atoms with E-state index in [1.54, 1.807) is 11.9 Å². The molecule has 1 N–H and O–H groups in total. The van der Waals surface area contributed by atoms with Crippen LogP contribution in [0.5, 0.6) is 0 Å². The Morgan fingerprint density at radius 2 is 1.85 bits per heavy atom. The number of carbonyl (C=O) groups excluding carboxylic acids is 2. The van der Waals surface area contributed by atoms with Crippen molar-refractivity contribution < 1.29 is 19.4 Å². The number of hydrogen-bond acceptors (Lipinski definition) is 4. The number of unbranched alkanes of at least 4 members (excludes halogenated alkanes) is 1. The first-order valence-electron chi connectivity index (χ1n) is 9.02. The van der Waals surface area contributed by atoms with Gasteiger partial charge in [0, 0.05) is 19.9 Å². The van der Waals surface area contributed by atoms with Crippen LogP contribution in [0.1, 0.15) is 50.7 Å². The van der Waals surface area contributed by atoms with Crippen molar-refractivity contribution in [3.63, 3.8) is 0 Å². The number of aliphatic hydroxyl groups is 1. The van der Waals surface area contributed by atoms with Crippen molar-refractivity contribution in [2.45, 2.75) is 51.2 Å². The standard InChI is InChI=1S/C20H30INO4/c1-15(20(25)17-10-5-4-6-11-17)22(2)18(23)13-16(9-7-8-12-21)14-19(24)26-3/h4-6,10-11,15-16,20,25H,7-9,12-14H2,1-3H3/t15-,16+,20+/m0/s1. The van der Waals surface area contributed by atoms with E-state index >= 15 is 0 Å². The number of methoxy groups -OCH3 is 1. The molecule has 0 aromatic heterocycles. The van der Waals surface area contributed by atoms with Gasteiger partial charge in [-0.15, -0.1) is 0 Å². The van der Waals surface area contributed by atoms with Crippen LogP contribution in [0.25, 0.3) is 0 Å². The lowest BCUT2D eigenvalue weighted by atomic mass is 9.93. The van der Waals surface area contributed by atoms with Gasteiger partial charge in [-0.25, -0.2) is 0 Å². The van der Waals surface area contributed by atoms with Gasteiger partial charge in [0.2, 0.25) is 5.91 Å². The van der Waals surface area contributed by atoms with E-state index in [1.165, 1.54) is 7.11 Å². The van der Waals surface area contributed by atoms with Gasteiger partial charge in [0.1, 0.15) is 0 Å². The molecule has 146 valence electrons. The van der Waals surface area contributed by atoms with Crippen LogP contribution in [0.15, 0.2) is 30.3 Å². The molecule has 0 spiro atoms. The molecule has 0 aliphatic rings. The number of nitrogens with zero attached hydrogens (tertiary/aromatic N) is 1. The van der Waals surface area contributed by atoms with Crippen LogP contribution in [0.2, 0.25) is 0 Å². The first-order valence-corrected chi connectivity index (χ1v) is 10.5. The topological polar surface area (TPSA) is 66.8 Å². The quantitative estimate of drug-likeness (QED) is 0.229. The van der Waals surface area contributed by atoms with Gasteiger partial charge in [0.25, 0.3) is 0 Å². The van der Waals surface area contributed by atoms with Crippen LogP contribution in [-0.4, -0.2) is 46.5 Å². The van der Waals surface area contributed by atoms with Crippen molar-refractivity contribution >= 4 is 34.5 Å². The van der Waals surface area contributed by atoms with E-state index in [-0.39, 0.29) is 30.3 Å². The summed E-state index contributed by atoms with van der Waals surface area (Å²) in [7, 11) is 3.08. The molecule has 0 saturated carbocycles. The number of esters is 1. The van der Waals surface area contributed by atoms with Gasteiger partial charge in [-0.1, -0.05) is 59.3 Å². The third-order valence-corrected chi connectivity index (χ3v) is 5.51. The number of benzene rings is 1. The summed E-state index contributed by atoms with van der Waals surface area (Å²) in [4.78, 5) is 25.9. The number of aliphatic hydroxyl groups excluding tert-OH is 1. The zero-order valence-corrected chi connectivity index (χ0v) is 18.0. The molecule has 0 aliphatic carbocycles. The lowest BCUT2D eigenvalue weighted by Crippen LogP contribution is -2.40. The minimum atomic E-state index is -0.747. The summed E-state index contributed by atoms with van der Waals surface area (Å²) in [5, 5.41) is 10.5. The molecule has 0 bridgehead atoms. The van der Waals surface area contributed by atoms with Gasteiger partial charge in [-0.3, -0.25) is 9.59 Å². The number of hydrogen-bond donors (Lipinski definition) is 1. The van der Waals surface area contributed by atoms with Crippen LogP contribution in [0.4, 0.5) is 0 Å². The third kappa shape index (κ3) is 7.61. The van der Waals surface area contributed by atoms with E-state index < -0.39 is 6.10 Å². The van der Waals surface area contributed by atoms with E-state index in [1.807, 2.05) is 37.3 Å². The number of ether oxygens (including phenoxy) is 1. The molecule has 3 atom stereocenters. The summed E-state index contributed by atoms with van der Waals surface area (Å²) in [6, 6.07) is 8.98. The minimum Gasteiger partial charge on any atom is -0.469 e. The lowest BCUT2D eigenvalue weighted by Gasteiger charge is -2.30. The van der Waals surface area contributed by atoms with Crippen LogP contribution < -0.4 is 0 Å². The molecule has 1 aromatic carbocycles. The van der Waals surface area contributed by atoms with Crippen LogP contribution in [-0.2, 0) is 14.3 Å². The van der Waals surface area contributed by atoms with Crippen LogP contribution >= 0.6 is 22.6 Å². The highest BCUT2D eigenvalue weighted by molar-refractivity contribution is 14.1. The Hall–Kier alpha value is -1.15. The first-order chi connectivity index (χ1) is 12.4. The summed E-state index contributed by atoms with van der Waals surface area (Å²) in [6.45, 7) is 1.83. The Morgan fingerprint density at radius 1 is 1.19 bits per heavy atom. The number of carbonyl (C=O) groups is 2. The second kappa shape index (κ2) is 12.3. The highest BCUT2D eigenvalue weighted by Gasteiger charge is 2.26. The largest absolute Gasteiger partial charge is 0.469 e. The molecule has 0 heterocycles. The van der Waals surface area contributed by atoms with Crippen molar-refractivity contribution in [3.8, 4) is 0 Å². The lowest BCUT2D eigenvalue weighted by molar-refractivity contribution is -0.142. The number of alkyl halides is 1. The Labute approximate surface area is 170 Å². The van der Waals surface area contributed by atoms with E-state index in [0.29, 0.717) is 6.42 Å². The Bertz CT molecular complexity index is 552. The number of rotatable bonds is 11. The van der Waals surface area contributed by atoms with Gasteiger partial charge >= 0.3 is 5.97 Å². The van der Waals surface area contributed by atoms with Gasteiger partial charge in [-0.2, -0.15) is 0 Å². The summed E-state index contributed by atoms with van der Waals surface area (Å²) in [5.74, 6) is -0.366. The summed E-state index contributed by atoms with van der Waals surface area (Å²) in [6.07, 6.45) is 2.69. The second-order valence-electron chi connectivity index (χ2n) is 6.64. The Kier molecular flexibility index (Phi) is 10.8. The second-order valence-corrected chi connectivity index (χ2v) is 7.71. The van der Waals surface area contributed by atoms with E-state index in [9.17, 15) is 14.7 Å². The average Bonchev–Trinajstić information content (AvgIpc) is 2.66. The Balaban J connectivity index is 2.68. The predicted molar refractivity (Wildman–Crippen MR) is 111 cm³/mol. The molecule has 0 fully saturated rings. The fraction of sp³-hybridized carbons (Fsp3) is 0.600. The molecule has 1 amide bonds. The molecule has 0 radical (unpaired) electrons. The predicted octanol–water partition coefficient (Wildman–Crippen LogP) is 3.74. The van der Waals surface area contributed by atoms with Gasteiger partial charge < -0.3 is 14.7 Å². The van der Waals surface area contributed by atoms with Crippen LogP contribution in [0, 0.1) is 5.92 Å². The van der Waals surface area contributed by atoms with E-state index in [4.69, 9.17) is 4.74 Å². The summed E-state index contributed by atoms with van der Waals surface area (Å²) >= 11 is 2.33. The van der Waals surface area contributed by atoms with Crippen LogP contribution in [0.3, 0.4) is 0 Å². The summed E-state index contributed by atoms with van der Waals surface area (Å²) < 4.78 is 5.83. The smallest absolute Gasteiger partial charge is 0.305 e. The minimum absolute atomic E-state index is 0.0265. The Morgan fingerprint density at radius 3 is 2.42 bits per heavy atom. The molecule has 0 unspecified atom stereocenters. The van der Waals surface area contributed by atoms with Crippen molar-refractivity contribution in [1.29, 1.82) is 0 Å². The number of amides is 1. The maximum atomic E-state index is 12.7. The molecule has 26 heavy (non-hydrogen) atoms. The summed E-state index contributed by atoms with van der Waals surface area (Å²) in [5.41, 5.74) is 0.785. The van der Waals surface area contributed by atoms with Crippen molar-refractivity contribution in [1.82, 2.24) is 4.90 Å². The normalized spacial score (nSPS) is 14.3. The van der Waals surface area contributed by atoms with Gasteiger partial charge in [0.05, 0.1) is 19.3 Å².